The van der Waals surface area contributed by atoms with Gasteiger partial charge in [-0.3, -0.25) is 14.4 Å². The summed E-state index contributed by atoms with van der Waals surface area (Å²) in [4.78, 5) is 35.9. The second-order valence-corrected chi connectivity index (χ2v) is 6.38. The summed E-state index contributed by atoms with van der Waals surface area (Å²) in [6.07, 6.45) is 0.0965. The van der Waals surface area contributed by atoms with Crippen LogP contribution in [0.2, 0.25) is 0 Å². The molecule has 0 aliphatic carbocycles. The lowest BCUT2D eigenvalue weighted by Gasteiger charge is -2.22. The van der Waals surface area contributed by atoms with E-state index in [9.17, 15) is 23.2 Å². The minimum atomic E-state index is -1.05. The maximum Gasteiger partial charge on any atom is 0.243 e. The SMILES string of the molecule is CC(=O)N[C@H](Cc1cccc(F)c1)C(=O)N[C@@H](Cc1ccc(F)cc1)C(N)=O. The smallest absolute Gasteiger partial charge is 0.243 e. The zero-order valence-electron chi connectivity index (χ0n) is 15.2. The molecular formula is C20H21F2N3O3. The van der Waals surface area contributed by atoms with Crippen LogP contribution in [0.1, 0.15) is 18.1 Å². The number of hydrogen-bond donors (Lipinski definition) is 3. The molecule has 0 aliphatic heterocycles. The van der Waals surface area contributed by atoms with E-state index >= 15 is 0 Å². The van der Waals surface area contributed by atoms with Crippen molar-refractivity contribution in [1.29, 1.82) is 0 Å². The van der Waals surface area contributed by atoms with E-state index in [1.165, 1.54) is 49.4 Å². The lowest BCUT2D eigenvalue weighted by atomic mass is 10.0. The van der Waals surface area contributed by atoms with E-state index in [1.54, 1.807) is 6.07 Å². The molecule has 2 aromatic rings. The summed E-state index contributed by atoms with van der Waals surface area (Å²) in [5.41, 5.74) is 6.48. The lowest BCUT2D eigenvalue weighted by Crippen LogP contribution is -2.54. The minimum Gasteiger partial charge on any atom is -0.368 e. The Balaban J connectivity index is 2.12. The Bertz CT molecular complexity index is 856. The predicted molar refractivity (Wildman–Crippen MR) is 98.9 cm³/mol. The molecule has 0 radical (unpaired) electrons. The van der Waals surface area contributed by atoms with E-state index in [1.807, 2.05) is 0 Å². The van der Waals surface area contributed by atoms with Crippen LogP contribution in [0.15, 0.2) is 48.5 Å². The van der Waals surface area contributed by atoms with Crippen molar-refractivity contribution in [2.45, 2.75) is 31.8 Å². The van der Waals surface area contributed by atoms with Crippen LogP contribution in [0.25, 0.3) is 0 Å². The molecule has 0 fully saturated rings. The quantitative estimate of drug-likeness (QED) is 0.633. The number of benzene rings is 2. The van der Waals surface area contributed by atoms with Crippen molar-refractivity contribution in [1.82, 2.24) is 10.6 Å². The largest absolute Gasteiger partial charge is 0.368 e. The van der Waals surface area contributed by atoms with E-state index in [0.29, 0.717) is 11.1 Å². The third-order valence-electron chi connectivity index (χ3n) is 4.04. The summed E-state index contributed by atoms with van der Waals surface area (Å²) in [5, 5.41) is 4.99. The minimum absolute atomic E-state index is 0.0329. The van der Waals surface area contributed by atoms with Gasteiger partial charge in [-0.05, 0) is 35.4 Å². The van der Waals surface area contributed by atoms with Gasteiger partial charge >= 0.3 is 0 Å². The van der Waals surface area contributed by atoms with Crippen LogP contribution in [0.4, 0.5) is 8.78 Å². The molecule has 3 amide bonds. The van der Waals surface area contributed by atoms with E-state index < -0.39 is 41.4 Å². The first-order chi connectivity index (χ1) is 13.2. The normalized spacial score (nSPS) is 12.7. The van der Waals surface area contributed by atoms with Gasteiger partial charge in [0.15, 0.2) is 0 Å². The molecule has 0 aliphatic rings. The first kappa shape index (κ1) is 21.0. The number of amides is 3. The highest BCUT2D eigenvalue weighted by molar-refractivity contribution is 5.91. The predicted octanol–water partition coefficient (Wildman–Crippen LogP) is 1.22. The van der Waals surface area contributed by atoms with Gasteiger partial charge in [-0.15, -0.1) is 0 Å². The maximum atomic E-state index is 13.4. The average Bonchev–Trinajstić information content (AvgIpc) is 2.62. The van der Waals surface area contributed by atoms with E-state index in [0.717, 1.165) is 0 Å². The zero-order valence-corrected chi connectivity index (χ0v) is 15.2. The highest BCUT2D eigenvalue weighted by Gasteiger charge is 2.25. The molecule has 0 spiro atoms. The fourth-order valence-corrected chi connectivity index (χ4v) is 2.71. The summed E-state index contributed by atoms with van der Waals surface area (Å²) in [6.45, 7) is 1.25. The number of nitrogens with two attached hydrogens (primary N) is 1. The first-order valence-corrected chi connectivity index (χ1v) is 8.60. The summed E-state index contributed by atoms with van der Waals surface area (Å²) in [5.74, 6) is -2.75. The van der Waals surface area contributed by atoms with Crippen molar-refractivity contribution >= 4 is 17.7 Å². The lowest BCUT2D eigenvalue weighted by molar-refractivity contribution is -0.130. The maximum absolute atomic E-state index is 13.4. The number of primary amides is 1. The van der Waals surface area contributed by atoms with Crippen molar-refractivity contribution < 1.29 is 23.2 Å². The molecule has 6 nitrogen and oxygen atoms in total. The molecule has 28 heavy (non-hydrogen) atoms. The van der Waals surface area contributed by atoms with E-state index in [2.05, 4.69) is 10.6 Å². The number of halogens is 2. The molecular weight excluding hydrogens is 368 g/mol. The van der Waals surface area contributed by atoms with Crippen LogP contribution >= 0.6 is 0 Å². The van der Waals surface area contributed by atoms with Crippen LogP contribution in [-0.4, -0.2) is 29.8 Å². The van der Waals surface area contributed by atoms with Crippen LogP contribution in [0, 0.1) is 11.6 Å². The Morgan fingerprint density at radius 3 is 2.11 bits per heavy atom. The van der Waals surface area contributed by atoms with Gasteiger partial charge in [0.2, 0.25) is 17.7 Å². The standard InChI is InChI=1S/C20H21F2N3O3/c1-12(26)24-18(11-14-3-2-4-16(22)9-14)20(28)25-17(19(23)27)10-13-5-7-15(21)8-6-13/h2-9,17-18H,10-11H2,1H3,(H2,23,27)(H,24,26)(H,25,28)/t17-,18+/m0/s1. The van der Waals surface area contributed by atoms with Crippen molar-refractivity contribution in [2.24, 2.45) is 5.73 Å². The summed E-state index contributed by atoms with van der Waals surface area (Å²) in [7, 11) is 0. The molecule has 0 heterocycles. The Morgan fingerprint density at radius 1 is 0.893 bits per heavy atom. The second-order valence-electron chi connectivity index (χ2n) is 6.38. The molecule has 0 unspecified atom stereocenters. The third-order valence-corrected chi connectivity index (χ3v) is 4.04. The van der Waals surface area contributed by atoms with Crippen molar-refractivity contribution in [3.63, 3.8) is 0 Å². The highest BCUT2D eigenvalue weighted by Crippen LogP contribution is 2.09. The van der Waals surface area contributed by atoms with Gasteiger partial charge < -0.3 is 16.4 Å². The summed E-state index contributed by atoms with van der Waals surface area (Å²) >= 11 is 0. The molecule has 0 bridgehead atoms. The molecule has 4 N–H and O–H groups in total. The van der Waals surface area contributed by atoms with Crippen LogP contribution in [0.5, 0.6) is 0 Å². The average molecular weight is 389 g/mol. The molecule has 148 valence electrons. The second kappa shape index (κ2) is 9.59. The number of carbonyl (C=O) groups excluding carboxylic acids is 3. The summed E-state index contributed by atoms with van der Waals surface area (Å²) < 4.78 is 26.4. The fourth-order valence-electron chi connectivity index (χ4n) is 2.71. The van der Waals surface area contributed by atoms with Crippen molar-refractivity contribution in [3.05, 3.63) is 71.3 Å². The summed E-state index contributed by atoms with van der Waals surface area (Å²) in [6, 6.07) is 9.00. The van der Waals surface area contributed by atoms with Gasteiger partial charge in [0.25, 0.3) is 0 Å². The van der Waals surface area contributed by atoms with Gasteiger partial charge in [-0.1, -0.05) is 24.3 Å². The molecule has 0 aromatic heterocycles. The Labute approximate surface area is 161 Å². The van der Waals surface area contributed by atoms with Gasteiger partial charge in [-0.2, -0.15) is 0 Å². The monoisotopic (exact) mass is 389 g/mol. The number of rotatable bonds is 8. The molecule has 2 aromatic carbocycles. The molecule has 2 rings (SSSR count). The fraction of sp³-hybridized carbons (Fsp3) is 0.250. The third kappa shape index (κ3) is 6.46. The van der Waals surface area contributed by atoms with Crippen LogP contribution < -0.4 is 16.4 Å². The first-order valence-electron chi connectivity index (χ1n) is 8.60. The Morgan fingerprint density at radius 2 is 1.54 bits per heavy atom. The zero-order chi connectivity index (χ0) is 20.7. The van der Waals surface area contributed by atoms with Gasteiger partial charge in [0, 0.05) is 19.8 Å². The molecule has 8 heteroatoms. The van der Waals surface area contributed by atoms with Crippen LogP contribution in [0.3, 0.4) is 0 Å². The topological polar surface area (TPSA) is 101 Å². The molecule has 2 atom stereocenters. The number of hydrogen-bond acceptors (Lipinski definition) is 3. The highest BCUT2D eigenvalue weighted by atomic mass is 19.1. The van der Waals surface area contributed by atoms with Crippen molar-refractivity contribution in [2.75, 3.05) is 0 Å². The molecule has 0 saturated carbocycles. The molecule has 0 saturated heterocycles. The van der Waals surface area contributed by atoms with Crippen molar-refractivity contribution in [3.8, 4) is 0 Å². The van der Waals surface area contributed by atoms with Gasteiger partial charge in [-0.25, -0.2) is 8.78 Å². The Hall–Kier alpha value is -3.29. The number of carbonyl (C=O) groups is 3. The Kier molecular flexibility index (Phi) is 7.20. The van der Waals surface area contributed by atoms with E-state index in [-0.39, 0.29) is 12.8 Å². The van der Waals surface area contributed by atoms with Crippen LogP contribution in [-0.2, 0) is 27.2 Å². The van der Waals surface area contributed by atoms with E-state index in [4.69, 9.17) is 5.73 Å². The van der Waals surface area contributed by atoms with Gasteiger partial charge in [0.1, 0.15) is 23.7 Å². The van der Waals surface area contributed by atoms with Gasteiger partial charge in [0.05, 0.1) is 0 Å². The number of nitrogens with one attached hydrogen (secondary N) is 2.